The van der Waals surface area contributed by atoms with Crippen molar-refractivity contribution < 1.29 is 4.79 Å². The summed E-state index contributed by atoms with van der Waals surface area (Å²) in [7, 11) is 0. The van der Waals surface area contributed by atoms with Gasteiger partial charge in [0.15, 0.2) is 0 Å². The fourth-order valence-corrected chi connectivity index (χ4v) is 3.07. The molecule has 1 unspecified atom stereocenters. The quantitative estimate of drug-likeness (QED) is 0.833. The van der Waals surface area contributed by atoms with Crippen molar-refractivity contribution >= 4 is 11.6 Å². The highest BCUT2D eigenvalue weighted by Gasteiger charge is 2.43. The van der Waals surface area contributed by atoms with Gasteiger partial charge in [0.05, 0.1) is 5.41 Å². The molecule has 0 saturated carbocycles. The Kier molecular flexibility index (Phi) is 5.04. The maximum Gasteiger partial charge on any atom is 0.237 e. The number of nitrogens with zero attached hydrogens (tertiary/aromatic N) is 1. The van der Waals surface area contributed by atoms with Gasteiger partial charge in [-0.1, -0.05) is 25.1 Å². The van der Waals surface area contributed by atoms with E-state index in [2.05, 4.69) is 31.3 Å². The molecular formula is C18H28N2O. The Labute approximate surface area is 128 Å². The summed E-state index contributed by atoms with van der Waals surface area (Å²) in [6.07, 6.45) is 3.30. The van der Waals surface area contributed by atoms with Crippen LogP contribution in [0.15, 0.2) is 24.3 Å². The SMILES string of the molecule is CCCNC(C)CCCN1C(=O)C(C)(C)c2ccccc21. The molecule has 21 heavy (non-hydrogen) atoms. The second-order valence-electron chi connectivity index (χ2n) is 6.60. The maximum absolute atomic E-state index is 12.6. The minimum atomic E-state index is -0.386. The van der Waals surface area contributed by atoms with Gasteiger partial charge in [-0.3, -0.25) is 4.79 Å². The van der Waals surface area contributed by atoms with E-state index in [1.165, 1.54) is 0 Å². The van der Waals surface area contributed by atoms with Crippen LogP contribution >= 0.6 is 0 Å². The monoisotopic (exact) mass is 288 g/mol. The van der Waals surface area contributed by atoms with Crippen LogP contribution in [0.5, 0.6) is 0 Å². The van der Waals surface area contributed by atoms with Crippen molar-refractivity contribution in [1.29, 1.82) is 0 Å². The fourth-order valence-electron chi connectivity index (χ4n) is 3.07. The van der Waals surface area contributed by atoms with Crippen LogP contribution in [0.3, 0.4) is 0 Å². The van der Waals surface area contributed by atoms with E-state index in [1.807, 2.05) is 30.9 Å². The molecule has 0 saturated heterocycles. The van der Waals surface area contributed by atoms with Crippen molar-refractivity contribution in [2.75, 3.05) is 18.0 Å². The second-order valence-corrected chi connectivity index (χ2v) is 6.60. The van der Waals surface area contributed by atoms with Gasteiger partial charge in [-0.2, -0.15) is 0 Å². The van der Waals surface area contributed by atoms with Gasteiger partial charge >= 0.3 is 0 Å². The molecule has 1 aliphatic rings. The number of carbonyl (C=O) groups excluding carboxylic acids is 1. The van der Waals surface area contributed by atoms with E-state index < -0.39 is 0 Å². The van der Waals surface area contributed by atoms with Crippen LogP contribution in [0.1, 0.15) is 52.5 Å². The first-order valence-corrected chi connectivity index (χ1v) is 8.13. The van der Waals surface area contributed by atoms with E-state index in [1.54, 1.807) is 0 Å². The molecule has 0 spiro atoms. The van der Waals surface area contributed by atoms with Crippen LogP contribution in [-0.4, -0.2) is 25.0 Å². The summed E-state index contributed by atoms with van der Waals surface area (Å²) >= 11 is 0. The molecule has 1 aromatic rings. The Morgan fingerprint density at radius 3 is 2.71 bits per heavy atom. The standard InChI is InChI=1S/C18H28N2O/c1-5-12-19-14(2)9-8-13-20-16-11-7-6-10-15(16)18(3,4)17(20)21/h6-7,10-11,14,19H,5,8-9,12-13H2,1-4H3. The molecule has 1 N–H and O–H groups in total. The first-order chi connectivity index (χ1) is 9.98. The molecule has 0 radical (unpaired) electrons. The first kappa shape index (κ1) is 16.0. The van der Waals surface area contributed by atoms with Gasteiger partial charge in [0.2, 0.25) is 5.91 Å². The molecule has 116 valence electrons. The number of hydrogen-bond donors (Lipinski definition) is 1. The third-order valence-corrected chi connectivity index (χ3v) is 4.41. The van der Waals surface area contributed by atoms with Gasteiger partial charge in [0, 0.05) is 18.3 Å². The summed E-state index contributed by atoms with van der Waals surface area (Å²) < 4.78 is 0. The van der Waals surface area contributed by atoms with Crippen LogP contribution in [0.25, 0.3) is 0 Å². The van der Waals surface area contributed by atoms with Crippen molar-refractivity contribution in [2.45, 2.75) is 58.4 Å². The number of rotatable bonds is 7. The Balaban J connectivity index is 1.97. The second kappa shape index (κ2) is 6.61. The Bertz CT molecular complexity index is 496. The number of carbonyl (C=O) groups is 1. The first-order valence-electron chi connectivity index (χ1n) is 8.13. The van der Waals surface area contributed by atoms with Crippen LogP contribution in [0.2, 0.25) is 0 Å². The molecule has 3 nitrogen and oxygen atoms in total. The fraction of sp³-hybridized carbons (Fsp3) is 0.611. The van der Waals surface area contributed by atoms with Gasteiger partial charge in [-0.05, 0) is 58.2 Å². The van der Waals surface area contributed by atoms with E-state index in [4.69, 9.17) is 0 Å². The summed E-state index contributed by atoms with van der Waals surface area (Å²) in [6.45, 7) is 10.3. The number of anilines is 1. The van der Waals surface area contributed by atoms with Gasteiger partial charge in [0.25, 0.3) is 0 Å². The third kappa shape index (κ3) is 3.29. The number of para-hydroxylation sites is 1. The van der Waals surface area contributed by atoms with E-state index >= 15 is 0 Å². The molecular weight excluding hydrogens is 260 g/mol. The van der Waals surface area contributed by atoms with Gasteiger partial charge in [-0.15, -0.1) is 0 Å². The molecule has 1 heterocycles. The number of nitrogens with one attached hydrogen (secondary N) is 1. The minimum absolute atomic E-state index is 0.234. The van der Waals surface area contributed by atoms with Crippen LogP contribution < -0.4 is 10.2 Å². The number of amides is 1. The molecule has 0 bridgehead atoms. The lowest BCUT2D eigenvalue weighted by molar-refractivity contribution is -0.122. The van der Waals surface area contributed by atoms with E-state index in [0.717, 1.165) is 43.6 Å². The van der Waals surface area contributed by atoms with E-state index in [9.17, 15) is 4.79 Å². The predicted molar refractivity (Wildman–Crippen MR) is 88.8 cm³/mol. The van der Waals surface area contributed by atoms with Crippen molar-refractivity contribution in [3.63, 3.8) is 0 Å². The largest absolute Gasteiger partial charge is 0.314 e. The number of fused-ring (bicyclic) bond motifs is 1. The number of hydrogen-bond acceptors (Lipinski definition) is 2. The molecule has 3 heteroatoms. The minimum Gasteiger partial charge on any atom is -0.314 e. The van der Waals surface area contributed by atoms with E-state index in [0.29, 0.717) is 6.04 Å². The number of benzene rings is 1. The van der Waals surface area contributed by atoms with Crippen LogP contribution in [0, 0.1) is 0 Å². The van der Waals surface area contributed by atoms with Gasteiger partial charge < -0.3 is 10.2 Å². The molecule has 1 atom stereocenters. The zero-order chi connectivity index (χ0) is 15.5. The predicted octanol–water partition coefficient (Wildman–Crippen LogP) is 3.48. The molecule has 2 rings (SSSR count). The highest BCUT2D eigenvalue weighted by Crippen LogP contribution is 2.41. The highest BCUT2D eigenvalue weighted by molar-refractivity contribution is 6.07. The molecule has 1 aliphatic heterocycles. The van der Waals surface area contributed by atoms with Gasteiger partial charge in [-0.25, -0.2) is 0 Å². The average Bonchev–Trinajstić information content (AvgIpc) is 2.66. The Hall–Kier alpha value is -1.35. The molecule has 0 fully saturated rings. The van der Waals surface area contributed by atoms with Crippen molar-refractivity contribution in [1.82, 2.24) is 5.32 Å². The molecule has 0 aromatic heterocycles. The normalized spacial score (nSPS) is 17.9. The van der Waals surface area contributed by atoms with Crippen LogP contribution in [0.4, 0.5) is 5.69 Å². The molecule has 0 aliphatic carbocycles. The zero-order valence-corrected chi connectivity index (χ0v) is 13.8. The maximum atomic E-state index is 12.6. The van der Waals surface area contributed by atoms with Crippen LogP contribution in [-0.2, 0) is 10.2 Å². The molecule has 1 amide bonds. The van der Waals surface area contributed by atoms with Crippen molar-refractivity contribution in [3.05, 3.63) is 29.8 Å². The van der Waals surface area contributed by atoms with Crippen molar-refractivity contribution in [3.8, 4) is 0 Å². The molecule has 1 aromatic carbocycles. The lowest BCUT2D eigenvalue weighted by Gasteiger charge is -2.21. The highest BCUT2D eigenvalue weighted by atomic mass is 16.2. The third-order valence-electron chi connectivity index (χ3n) is 4.41. The topological polar surface area (TPSA) is 32.3 Å². The Morgan fingerprint density at radius 1 is 1.29 bits per heavy atom. The Morgan fingerprint density at radius 2 is 2.00 bits per heavy atom. The van der Waals surface area contributed by atoms with E-state index in [-0.39, 0.29) is 11.3 Å². The lowest BCUT2D eigenvalue weighted by Crippen LogP contribution is -2.37. The lowest BCUT2D eigenvalue weighted by atomic mass is 9.86. The summed E-state index contributed by atoms with van der Waals surface area (Å²) in [5, 5.41) is 3.50. The summed E-state index contributed by atoms with van der Waals surface area (Å²) in [4.78, 5) is 14.6. The zero-order valence-electron chi connectivity index (χ0n) is 13.8. The summed E-state index contributed by atoms with van der Waals surface area (Å²) in [6, 6.07) is 8.71. The smallest absolute Gasteiger partial charge is 0.237 e. The van der Waals surface area contributed by atoms with Crippen molar-refractivity contribution in [2.24, 2.45) is 0 Å². The van der Waals surface area contributed by atoms with Gasteiger partial charge in [0.1, 0.15) is 0 Å². The average molecular weight is 288 g/mol. The summed E-state index contributed by atoms with van der Waals surface area (Å²) in [5.41, 5.74) is 1.87. The summed E-state index contributed by atoms with van der Waals surface area (Å²) in [5.74, 6) is 0.234.